The number of aromatic nitrogens is 4. The molecule has 134 valence electrons. The summed E-state index contributed by atoms with van der Waals surface area (Å²) in [7, 11) is 1.37. The first kappa shape index (κ1) is 17.2. The number of hydrogen-bond donors (Lipinski definition) is 0. The Hall–Kier alpha value is -3.19. The van der Waals surface area contributed by atoms with Gasteiger partial charge in [-0.05, 0) is 30.5 Å². The maximum absolute atomic E-state index is 11.9. The molecule has 0 N–H and O–H groups in total. The lowest BCUT2D eigenvalue weighted by Gasteiger charge is -2.06. The van der Waals surface area contributed by atoms with Gasteiger partial charge in [0.05, 0.1) is 23.9 Å². The summed E-state index contributed by atoms with van der Waals surface area (Å²) >= 11 is 1.63. The molecule has 0 unspecified atom stereocenters. The van der Waals surface area contributed by atoms with E-state index in [-0.39, 0.29) is 5.97 Å². The van der Waals surface area contributed by atoms with Gasteiger partial charge in [-0.2, -0.15) is 0 Å². The molecule has 6 nitrogen and oxygen atoms in total. The van der Waals surface area contributed by atoms with E-state index < -0.39 is 0 Å². The Morgan fingerprint density at radius 2 is 1.93 bits per heavy atom. The first-order chi connectivity index (χ1) is 13.2. The van der Waals surface area contributed by atoms with Gasteiger partial charge in [-0.15, -0.1) is 11.8 Å². The first-order valence-corrected chi connectivity index (χ1v) is 9.45. The molecule has 0 aliphatic rings. The van der Waals surface area contributed by atoms with Crippen molar-refractivity contribution in [3.05, 3.63) is 66.7 Å². The van der Waals surface area contributed by atoms with Gasteiger partial charge < -0.3 is 4.74 Å². The number of thioether (sulfide) groups is 1. The summed E-state index contributed by atoms with van der Waals surface area (Å²) in [5.74, 6) is 0.156. The Morgan fingerprint density at radius 1 is 1.11 bits per heavy atom. The highest BCUT2D eigenvalue weighted by molar-refractivity contribution is 7.98. The van der Waals surface area contributed by atoms with Crippen molar-refractivity contribution in [3.63, 3.8) is 0 Å². The normalized spacial score (nSPS) is 10.9. The molecule has 0 saturated heterocycles. The maximum Gasteiger partial charge on any atom is 0.337 e. The van der Waals surface area contributed by atoms with Gasteiger partial charge >= 0.3 is 5.97 Å². The lowest BCUT2D eigenvalue weighted by atomic mass is 10.1. The summed E-state index contributed by atoms with van der Waals surface area (Å²) in [6.07, 6.45) is 9.23. The molecule has 0 spiro atoms. The Morgan fingerprint density at radius 3 is 2.59 bits per heavy atom. The Labute approximate surface area is 160 Å². The lowest BCUT2D eigenvalue weighted by Crippen LogP contribution is -2.03. The van der Waals surface area contributed by atoms with Crippen LogP contribution in [-0.2, 0) is 4.74 Å². The fourth-order valence-corrected chi connectivity index (χ4v) is 3.48. The van der Waals surface area contributed by atoms with Crippen LogP contribution in [0.5, 0.6) is 0 Å². The first-order valence-electron chi connectivity index (χ1n) is 8.22. The monoisotopic (exact) mass is 376 g/mol. The van der Waals surface area contributed by atoms with E-state index in [1.54, 1.807) is 42.5 Å². The third kappa shape index (κ3) is 3.17. The molecule has 0 atom stereocenters. The number of carbonyl (C=O) groups excluding carboxylic acids is 1. The molecule has 4 rings (SSSR count). The zero-order chi connectivity index (χ0) is 18.8. The summed E-state index contributed by atoms with van der Waals surface area (Å²) in [5, 5.41) is 1.03. The summed E-state index contributed by atoms with van der Waals surface area (Å²) in [6.45, 7) is 0. The molecule has 0 saturated carbocycles. The summed E-state index contributed by atoms with van der Waals surface area (Å²) in [5.41, 5.74) is 3.00. The van der Waals surface area contributed by atoms with Crippen LogP contribution in [0.1, 0.15) is 10.4 Å². The van der Waals surface area contributed by atoms with Gasteiger partial charge in [-0.25, -0.2) is 14.8 Å². The molecule has 0 bridgehead atoms. The van der Waals surface area contributed by atoms with Crippen molar-refractivity contribution in [2.45, 2.75) is 4.90 Å². The van der Waals surface area contributed by atoms with E-state index in [0.717, 1.165) is 27.1 Å². The van der Waals surface area contributed by atoms with Crippen molar-refractivity contribution in [1.29, 1.82) is 0 Å². The number of ether oxygens (including phenoxy) is 1. The number of hydrogen-bond acceptors (Lipinski definition) is 6. The molecule has 27 heavy (non-hydrogen) atoms. The molecule has 7 heteroatoms. The van der Waals surface area contributed by atoms with Crippen LogP contribution in [-0.4, -0.2) is 38.9 Å². The van der Waals surface area contributed by atoms with Gasteiger partial charge in [-0.3, -0.25) is 9.55 Å². The largest absolute Gasteiger partial charge is 0.465 e. The minimum absolute atomic E-state index is 0.373. The molecule has 0 aliphatic carbocycles. The highest BCUT2D eigenvalue weighted by atomic mass is 32.2. The Bertz CT molecular complexity index is 1110. The van der Waals surface area contributed by atoms with Crippen LogP contribution in [0.15, 0.2) is 66.1 Å². The van der Waals surface area contributed by atoms with E-state index in [4.69, 9.17) is 4.74 Å². The van der Waals surface area contributed by atoms with Crippen LogP contribution >= 0.6 is 11.8 Å². The van der Waals surface area contributed by atoms with E-state index in [1.165, 1.54) is 7.11 Å². The molecule has 3 heterocycles. The predicted molar refractivity (Wildman–Crippen MR) is 105 cm³/mol. The number of pyridine rings is 1. The molecular formula is C20H16N4O2S. The van der Waals surface area contributed by atoms with Crippen LogP contribution in [0, 0.1) is 0 Å². The van der Waals surface area contributed by atoms with Crippen LogP contribution in [0.2, 0.25) is 0 Å². The van der Waals surface area contributed by atoms with Gasteiger partial charge in [0.25, 0.3) is 0 Å². The standard InChI is InChI=1S/C20H16N4O2S/c1-26-19(25)13-6-7-15-17(9-13)24(12-18(15)27-2)20-22-10-14(11-23-20)16-5-3-4-8-21-16/h3-12H,1-2H3. The third-order valence-corrected chi connectivity index (χ3v) is 4.99. The number of carbonyl (C=O) groups is 1. The van der Waals surface area contributed by atoms with Crippen molar-refractivity contribution < 1.29 is 9.53 Å². The zero-order valence-corrected chi connectivity index (χ0v) is 15.6. The molecule has 4 aromatic rings. The Kier molecular flexibility index (Phi) is 4.60. The fraction of sp³-hybridized carbons (Fsp3) is 0.100. The predicted octanol–water partition coefficient (Wildman–Crippen LogP) is 3.99. The minimum atomic E-state index is -0.373. The summed E-state index contributed by atoms with van der Waals surface area (Å²) in [4.78, 5) is 26.3. The number of nitrogens with zero attached hydrogens (tertiary/aromatic N) is 4. The van der Waals surface area contributed by atoms with Crippen LogP contribution in [0.4, 0.5) is 0 Å². The summed E-state index contributed by atoms with van der Waals surface area (Å²) < 4.78 is 6.72. The highest BCUT2D eigenvalue weighted by Gasteiger charge is 2.14. The quantitative estimate of drug-likeness (QED) is 0.396. The van der Waals surface area contributed by atoms with Crippen LogP contribution < -0.4 is 0 Å². The maximum atomic E-state index is 11.9. The lowest BCUT2D eigenvalue weighted by molar-refractivity contribution is 0.0601. The molecule has 3 aromatic heterocycles. The SMILES string of the molecule is COC(=O)c1ccc2c(SC)cn(-c3ncc(-c4ccccn4)cn3)c2c1. The van der Waals surface area contributed by atoms with E-state index in [0.29, 0.717) is 11.5 Å². The van der Waals surface area contributed by atoms with Crippen molar-refractivity contribution in [2.24, 2.45) is 0 Å². The molecule has 0 amide bonds. The van der Waals surface area contributed by atoms with Gasteiger partial charge in [0, 0.05) is 40.6 Å². The minimum Gasteiger partial charge on any atom is -0.465 e. The van der Waals surface area contributed by atoms with Crippen molar-refractivity contribution in [3.8, 4) is 17.2 Å². The molecular weight excluding hydrogens is 360 g/mol. The molecule has 0 fully saturated rings. The highest BCUT2D eigenvalue weighted by Crippen LogP contribution is 2.31. The Balaban J connectivity index is 1.81. The second-order valence-electron chi connectivity index (χ2n) is 5.78. The average molecular weight is 376 g/mol. The van der Waals surface area contributed by atoms with E-state index in [2.05, 4.69) is 15.0 Å². The van der Waals surface area contributed by atoms with Crippen LogP contribution in [0.3, 0.4) is 0 Å². The van der Waals surface area contributed by atoms with E-state index in [9.17, 15) is 4.79 Å². The number of fused-ring (bicyclic) bond motifs is 1. The van der Waals surface area contributed by atoms with E-state index in [1.807, 2.05) is 41.3 Å². The van der Waals surface area contributed by atoms with Gasteiger partial charge in [0.1, 0.15) is 0 Å². The van der Waals surface area contributed by atoms with E-state index >= 15 is 0 Å². The zero-order valence-electron chi connectivity index (χ0n) is 14.8. The second-order valence-corrected chi connectivity index (χ2v) is 6.63. The number of rotatable bonds is 4. The molecule has 0 radical (unpaired) electrons. The topological polar surface area (TPSA) is 69.9 Å². The average Bonchev–Trinajstić information content (AvgIpc) is 3.12. The van der Waals surface area contributed by atoms with Crippen molar-refractivity contribution in [1.82, 2.24) is 19.5 Å². The number of esters is 1. The second kappa shape index (κ2) is 7.20. The van der Waals surface area contributed by atoms with Crippen LogP contribution in [0.25, 0.3) is 28.1 Å². The smallest absolute Gasteiger partial charge is 0.337 e. The number of benzene rings is 1. The van der Waals surface area contributed by atoms with Gasteiger partial charge in [0.15, 0.2) is 0 Å². The molecule has 1 aromatic carbocycles. The molecule has 0 aliphatic heterocycles. The third-order valence-electron chi connectivity index (χ3n) is 4.22. The van der Waals surface area contributed by atoms with Gasteiger partial charge in [-0.1, -0.05) is 12.1 Å². The number of methoxy groups -OCH3 is 1. The van der Waals surface area contributed by atoms with Crippen molar-refractivity contribution >= 4 is 28.6 Å². The summed E-state index contributed by atoms with van der Waals surface area (Å²) in [6, 6.07) is 11.2. The fourth-order valence-electron chi connectivity index (χ4n) is 2.88. The van der Waals surface area contributed by atoms with Gasteiger partial charge in [0.2, 0.25) is 5.95 Å². The van der Waals surface area contributed by atoms with Crippen molar-refractivity contribution in [2.75, 3.05) is 13.4 Å².